The summed E-state index contributed by atoms with van der Waals surface area (Å²) in [6, 6.07) is 26.4. The highest BCUT2D eigenvalue weighted by Crippen LogP contribution is 2.35. The van der Waals surface area contributed by atoms with Crippen molar-refractivity contribution < 1.29 is 9.47 Å². The minimum atomic E-state index is 0.832. The monoisotopic (exact) mass is 402 g/mol. The summed E-state index contributed by atoms with van der Waals surface area (Å²) in [5, 5.41) is 4.29. The van der Waals surface area contributed by atoms with Gasteiger partial charge in [-0.25, -0.2) is 4.98 Å². The van der Waals surface area contributed by atoms with Crippen LogP contribution in [0, 0.1) is 0 Å². The zero-order chi connectivity index (χ0) is 20.1. The predicted octanol–water partition coefficient (Wildman–Crippen LogP) is 6.16. The minimum Gasteiger partial charge on any atom is -0.497 e. The van der Waals surface area contributed by atoms with E-state index in [1.165, 1.54) is 10.4 Å². The number of rotatable bonds is 7. The number of hydrogen-bond donors (Lipinski definition) is 1. The van der Waals surface area contributed by atoms with Gasteiger partial charge in [0.05, 0.1) is 19.9 Å². The van der Waals surface area contributed by atoms with Gasteiger partial charge < -0.3 is 14.8 Å². The smallest absolute Gasteiger partial charge is 0.187 e. The first-order chi connectivity index (χ1) is 14.2. The first-order valence-corrected chi connectivity index (χ1v) is 10.2. The van der Waals surface area contributed by atoms with Crippen molar-refractivity contribution in [3.8, 4) is 22.8 Å². The average Bonchev–Trinajstić information content (AvgIpc) is 3.17. The van der Waals surface area contributed by atoms with Gasteiger partial charge in [0.2, 0.25) is 0 Å². The molecular formula is C24H22N2O2S. The van der Waals surface area contributed by atoms with Gasteiger partial charge in [-0.1, -0.05) is 30.3 Å². The van der Waals surface area contributed by atoms with Crippen LogP contribution in [0.15, 0.2) is 78.9 Å². The molecule has 1 aromatic heterocycles. The van der Waals surface area contributed by atoms with Gasteiger partial charge in [-0.3, -0.25) is 0 Å². The lowest BCUT2D eigenvalue weighted by atomic mass is 10.1. The van der Waals surface area contributed by atoms with E-state index in [-0.39, 0.29) is 0 Å². The Morgan fingerprint density at radius 2 is 1.41 bits per heavy atom. The molecule has 0 aliphatic carbocycles. The standard InChI is InChI=1S/C24H22N2O2S/c1-27-20-12-8-18(9-13-20)23-22(16-17-6-4-3-5-7-17)29-24(26-23)25-19-10-14-21(28-2)15-11-19/h3-15H,16H2,1-2H3,(H,25,26). The number of hydrogen-bond acceptors (Lipinski definition) is 5. The van der Waals surface area contributed by atoms with Crippen molar-refractivity contribution >= 4 is 22.2 Å². The van der Waals surface area contributed by atoms with Crippen LogP contribution in [0.1, 0.15) is 10.4 Å². The van der Waals surface area contributed by atoms with Gasteiger partial charge in [0, 0.05) is 22.5 Å². The molecule has 0 saturated heterocycles. The van der Waals surface area contributed by atoms with Crippen molar-refractivity contribution in [2.45, 2.75) is 6.42 Å². The summed E-state index contributed by atoms with van der Waals surface area (Å²) in [6.07, 6.45) is 0.837. The second kappa shape index (κ2) is 8.80. The third-order valence-electron chi connectivity index (χ3n) is 4.61. The van der Waals surface area contributed by atoms with Gasteiger partial charge in [-0.2, -0.15) is 0 Å². The number of methoxy groups -OCH3 is 2. The fourth-order valence-electron chi connectivity index (χ4n) is 3.08. The lowest BCUT2D eigenvalue weighted by molar-refractivity contribution is 0.415. The van der Waals surface area contributed by atoms with Crippen LogP contribution in [-0.2, 0) is 6.42 Å². The zero-order valence-electron chi connectivity index (χ0n) is 16.4. The molecule has 0 saturated carbocycles. The molecule has 5 heteroatoms. The second-order valence-corrected chi connectivity index (χ2v) is 7.62. The summed E-state index contributed by atoms with van der Waals surface area (Å²) in [7, 11) is 3.34. The Morgan fingerprint density at radius 1 is 0.793 bits per heavy atom. The van der Waals surface area contributed by atoms with Crippen LogP contribution in [0.25, 0.3) is 11.3 Å². The van der Waals surface area contributed by atoms with Gasteiger partial charge in [0.25, 0.3) is 0 Å². The summed E-state index contributed by atoms with van der Waals surface area (Å²) in [5.74, 6) is 1.67. The van der Waals surface area contributed by atoms with E-state index >= 15 is 0 Å². The fourth-order valence-corrected chi connectivity index (χ4v) is 4.12. The zero-order valence-corrected chi connectivity index (χ0v) is 17.2. The highest BCUT2D eigenvalue weighted by atomic mass is 32.1. The maximum atomic E-state index is 5.29. The molecule has 0 atom stereocenters. The van der Waals surface area contributed by atoms with Crippen LogP contribution in [0.2, 0.25) is 0 Å². The molecule has 146 valence electrons. The molecule has 0 aliphatic heterocycles. The minimum absolute atomic E-state index is 0.832. The first-order valence-electron chi connectivity index (χ1n) is 9.34. The number of nitrogens with one attached hydrogen (secondary N) is 1. The Kier molecular flexibility index (Phi) is 5.77. The Labute approximate surface area is 174 Å². The van der Waals surface area contributed by atoms with Crippen molar-refractivity contribution in [3.05, 3.63) is 89.3 Å². The molecular weight excluding hydrogens is 380 g/mol. The van der Waals surface area contributed by atoms with Gasteiger partial charge in [0.1, 0.15) is 11.5 Å². The molecule has 0 unspecified atom stereocenters. The molecule has 4 nitrogen and oxygen atoms in total. The lowest BCUT2D eigenvalue weighted by Crippen LogP contribution is -1.91. The molecule has 3 aromatic carbocycles. The molecule has 29 heavy (non-hydrogen) atoms. The largest absolute Gasteiger partial charge is 0.497 e. The highest BCUT2D eigenvalue weighted by Gasteiger charge is 2.14. The van der Waals surface area contributed by atoms with Gasteiger partial charge >= 0.3 is 0 Å². The van der Waals surface area contributed by atoms with Crippen molar-refractivity contribution in [3.63, 3.8) is 0 Å². The van der Waals surface area contributed by atoms with Crippen LogP contribution in [0.4, 0.5) is 10.8 Å². The van der Waals surface area contributed by atoms with Gasteiger partial charge in [-0.05, 0) is 54.1 Å². The molecule has 1 heterocycles. The second-order valence-electron chi connectivity index (χ2n) is 6.54. The molecule has 4 aromatic rings. The predicted molar refractivity (Wildman–Crippen MR) is 120 cm³/mol. The highest BCUT2D eigenvalue weighted by molar-refractivity contribution is 7.16. The van der Waals surface area contributed by atoms with E-state index in [4.69, 9.17) is 14.5 Å². The molecule has 0 bridgehead atoms. The third kappa shape index (κ3) is 4.58. The Morgan fingerprint density at radius 3 is 2.03 bits per heavy atom. The number of ether oxygens (including phenoxy) is 2. The summed E-state index contributed by atoms with van der Waals surface area (Å²) in [4.78, 5) is 6.13. The summed E-state index contributed by atoms with van der Waals surface area (Å²) in [6.45, 7) is 0. The molecule has 0 amide bonds. The number of benzene rings is 3. The van der Waals surface area contributed by atoms with E-state index in [0.29, 0.717) is 0 Å². The average molecular weight is 403 g/mol. The number of aromatic nitrogens is 1. The Bertz CT molecular complexity index is 1060. The van der Waals surface area contributed by atoms with Gasteiger partial charge in [-0.15, -0.1) is 11.3 Å². The molecule has 0 radical (unpaired) electrons. The molecule has 4 rings (SSSR count). The Hall–Kier alpha value is -3.31. The van der Waals surface area contributed by atoms with E-state index in [2.05, 4.69) is 41.7 Å². The SMILES string of the molecule is COc1ccc(Nc2nc(-c3ccc(OC)cc3)c(Cc3ccccc3)s2)cc1. The number of nitrogens with zero attached hydrogens (tertiary/aromatic N) is 1. The fraction of sp³-hybridized carbons (Fsp3) is 0.125. The van der Waals surface area contributed by atoms with Crippen LogP contribution in [0.5, 0.6) is 11.5 Å². The van der Waals surface area contributed by atoms with Crippen LogP contribution >= 0.6 is 11.3 Å². The van der Waals surface area contributed by atoms with E-state index in [1.807, 2.05) is 42.5 Å². The topological polar surface area (TPSA) is 43.4 Å². The normalized spacial score (nSPS) is 10.6. The van der Waals surface area contributed by atoms with Gasteiger partial charge in [0.15, 0.2) is 5.13 Å². The third-order valence-corrected chi connectivity index (χ3v) is 5.58. The summed E-state index contributed by atoms with van der Waals surface area (Å²) in [5.41, 5.74) is 4.32. The van der Waals surface area contributed by atoms with Crippen molar-refractivity contribution in [1.82, 2.24) is 4.98 Å². The molecule has 0 spiro atoms. The van der Waals surface area contributed by atoms with E-state index in [0.717, 1.165) is 40.0 Å². The number of thiazole rings is 1. The maximum absolute atomic E-state index is 5.29. The summed E-state index contributed by atoms with van der Waals surface area (Å²) < 4.78 is 10.5. The van der Waals surface area contributed by atoms with E-state index in [9.17, 15) is 0 Å². The van der Waals surface area contributed by atoms with Crippen LogP contribution < -0.4 is 14.8 Å². The molecule has 0 fully saturated rings. The summed E-state index contributed by atoms with van der Waals surface area (Å²) >= 11 is 1.68. The molecule has 0 aliphatic rings. The molecule has 1 N–H and O–H groups in total. The van der Waals surface area contributed by atoms with Crippen LogP contribution in [0.3, 0.4) is 0 Å². The number of anilines is 2. The van der Waals surface area contributed by atoms with Crippen molar-refractivity contribution in [2.24, 2.45) is 0 Å². The van der Waals surface area contributed by atoms with Crippen molar-refractivity contribution in [2.75, 3.05) is 19.5 Å². The Balaban J connectivity index is 1.66. The lowest BCUT2D eigenvalue weighted by Gasteiger charge is -2.04. The van der Waals surface area contributed by atoms with E-state index < -0.39 is 0 Å². The first kappa shape index (κ1) is 19.0. The van der Waals surface area contributed by atoms with Crippen LogP contribution in [-0.4, -0.2) is 19.2 Å². The maximum Gasteiger partial charge on any atom is 0.187 e. The quantitative estimate of drug-likeness (QED) is 0.402. The van der Waals surface area contributed by atoms with E-state index in [1.54, 1.807) is 25.6 Å². The van der Waals surface area contributed by atoms with Crippen molar-refractivity contribution in [1.29, 1.82) is 0 Å².